The second-order valence-corrected chi connectivity index (χ2v) is 30.3. The highest BCUT2D eigenvalue weighted by molar-refractivity contribution is 7.15. The van der Waals surface area contributed by atoms with E-state index in [0.717, 1.165) is 136 Å². The number of rotatable bonds is 20. The van der Waals surface area contributed by atoms with E-state index in [2.05, 4.69) is 84.7 Å². The Morgan fingerprint density at radius 2 is 0.983 bits per heavy atom. The molecule has 0 spiro atoms. The molecule has 23 nitrogen and oxygen atoms in total. The van der Waals surface area contributed by atoms with E-state index in [4.69, 9.17) is 37.7 Å². The van der Waals surface area contributed by atoms with Crippen molar-refractivity contribution in [3.8, 4) is 88.7 Å². The third-order valence-electron chi connectivity index (χ3n) is 18.5. The summed E-state index contributed by atoms with van der Waals surface area (Å²) in [6.07, 6.45) is 22.8. The minimum Gasteiger partial charge on any atom is -0.361 e. The molecule has 0 saturated carbocycles. The predicted molar refractivity (Wildman–Crippen MR) is 454 cm³/mol. The molecule has 6 aromatic carbocycles. The molecular weight excluding hydrogens is 1610 g/mol. The number of hydrogen-bond donors (Lipinski definition) is 2. The normalized spacial score (nSPS) is 10.9. The number of halogens is 6. The Labute approximate surface area is 703 Å². The van der Waals surface area contributed by atoms with Gasteiger partial charge in [0.25, 0.3) is 11.8 Å². The first-order valence-electron chi connectivity index (χ1n) is 37.2. The number of carbonyl (C=O) groups is 4. The molecular formula is C89H72Cl2F4N18O5S2. The quantitative estimate of drug-likeness (QED) is 0.0529. The molecule has 16 rings (SSSR count). The lowest BCUT2D eigenvalue weighted by molar-refractivity contribution is 0.0979. The summed E-state index contributed by atoms with van der Waals surface area (Å²) in [6.45, 7) is 13.7. The van der Waals surface area contributed by atoms with Gasteiger partial charge in [0.2, 0.25) is 0 Å². The number of Topliss-reactive ketones (excluding diaryl/α,β-unsaturated/α-hetero) is 2. The second kappa shape index (κ2) is 38.1. The number of ketones is 2. The van der Waals surface area contributed by atoms with Gasteiger partial charge in [-0.1, -0.05) is 84.7 Å². The van der Waals surface area contributed by atoms with Crippen molar-refractivity contribution in [2.24, 2.45) is 14.1 Å². The molecule has 10 aromatic heterocycles. The smallest absolute Gasteiger partial charge is 0.255 e. The third kappa shape index (κ3) is 20.6. The molecule has 0 bridgehead atoms. The van der Waals surface area contributed by atoms with Crippen LogP contribution in [0, 0.1) is 57.9 Å². The van der Waals surface area contributed by atoms with Crippen LogP contribution in [0.4, 0.5) is 28.9 Å². The zero-order valence-corrected chi connectivity index (χ0v) is 69.0. The standard InChI is InChI=1S/C24H23N5OS.2C22H15ClF2N4O.C21H19N5O2S/c1-5-21-22(29-24(31-21)20-13-26-16(4)11-27-20)17-6-8-18(9-7-17)23(30)28-19-12-25-15(3)10-14(19)2;1-29-12-14(9-28-29)13-2-5-19(23)18(6-13)21-11-26-16(10-27-21)8-22(30)17-4-3-15(24)7-20(17)25;1-29-12-14(9-28-29)13-5-6-18(23)17(7-13)20-11-26-15(10-27-20)8-21(30)16-3-2-4-19(24)22(16)25;1-4-18-19(25-21(29-18)16-9-12(2)28-26-16)14-5-7-15(8-6-14)20(27)24-17-10-22-11-23-13(17)3/h6-13H,5H2,1-4H3,(H,28,30);2*2-7,9-12H,8H2,1H3;5-11H,4H2,1-3H3,(H,24,27). The first-order chi connectivity index (χ1) is 57.8. The van der Waals surface area contributed by atoms with Crippen molar-refractivity contribution >= 4 is 80.6 Å². The van der Waals surface area contributed by atoms with Crippen molar-refractivity contribution in [2.45, 2.75) is 74.1 Å². The molecule has 602 valence electrons. The molecule has 10 heterocycles. The Bertz CT molecular complexity index is 6420. The van der Waals surface area contributed by atoms with Gasteiger partial charge in [-0.05, 0) is 143 Å². The Hall–Kier alpha value is -13.7. The van der Waals surface area contributed by atoms with Crippen molar-refractivity contribution < 1.29 is 41.3 Å². The maximum atomic E-state index is 13.8. The number of thiazole rings is 2. The van der Waals surface area contributed by atoms with Crippen molar-refractivity contribution in [1.29, 1.82) is 0 Å². The number of pyridine rings is 1. The average Bonchev–Trinajstić information content (AvgIpc) is 1.75. The van der Waals surface area contributed by atoms with Gasteiger partial charge in [-0.25, -0.2) is 37.5 Å². The molecule has 31 heteroatoms. The molecule has 0 radical (unpaired) electrons. The summed E-state index contributed by atoms with van der Waals surface area (Å²) < 4.78 is 62.6. The number of aromatic nitrogens is 16. The highest BCUT2D eigenvalue weighted by Crippen LogP contribution is 2.38. The lowest BCUT2D eigenvalue weighted by Crippen LogP contribution is -2.13. The van der Waals surface area contributed by atoms with Gasteiger partial charge >= 0.3 is 0 Å². The summed E-state index contributed by atoms with van der Waals surface area (Å²) in [6, 6.07) is 36.2. The molecule has 0 unspecified atom stereocenters. The monoisotopic (exact) mass is 1680 g/mol. The largest absolute Gasteiger partial charge is 0.361 e. The topological polar surface area (TPSA) is 296 Å². The first kappa shape index (κ1) is 84.2. The molecule has 0 saturated heterocycles. The van der Waals surface area contributed by atoms with E-state index in [0.29, 0.717) is 66.8 Å². The summed E-state index contributed by atoms with van der Waals surface area (Å²) >= 11 is 15.9. The van der Waals surface area contributed by atoms with E-state index in [1.54, 1.807) is 93.5 Å². The lowest BCUT2D eigenvalue weighted by Gasteiger charge is -2.09. The highest BCUT2D eigenvalue weighted by Gasteiger charge is 2.23. The van der Waals surface area contributed by atoms with E-state index in [1.807, 2.05) is 134 Å². The summed E-state index contributed by atoms with van der Waals surface area (Å²) in [5.74, 6) is -4.56. The van der Waals surface area contributed by atoms with E-state index >= 15 is 0 Å². The molecule has 0 aliphatic heterocycles. The fourth-order valence-corrected chi connectivity index (χ4v) is 14.6. The van der Waals surface area contributed by atoms with Gasteiger partial charge in [-0.2, -0.15) is 10.2 Å². The van der Waals surface area contributed by atoms with Gasteiger partial charge in [0.15, 0.2) is 23.2 Å². The van der Waals surface area contributed by atoms with Crippen molar-refractivity contribution in [3.63, 3.8) is 0 Å². The number of benzene rings is 6. The number of carbonyl (C=O) groups excluding carboxylic acids is 4. The van der Waals surface area contributed by atoms with Crippen LogP contribution >= 0.6 is 45.9 Å². The first-order valence-corrected chi connectivity index (χ1v) is 39.6. The molecule has 0 aliphatic rings. The van der Waals surface area contributed by atoms with Gasteiger partial charge in [0.05, 0.1) is 134 Å². The highest BCUT2D eigenvalue weighted by atomic mass is 35.5. The summed E-state index contributed by atoms with van der Waals surface area (Å²) in [4.78, 5) is 100. The number of aryl methyl sites for hydroxylation is 9. The number of amides is 2. The minimum absolute atomic E-state index is 0.153. The van der Waals surface area contributed by atoms with Crippen molar-refractivity contribution in [1.82, 2.24) is 79.5 Å². The number of hydrogen-bond acceptors (Lipinski definition) is 21. The molecule has 0 atom stereocenters. The van der Waals surface area contributed by atoms with Gasteiger partial charge in [0, 0.05) is 117 Å². The maximum Gasteiger partial charge on any atom is 0.255 e. The second-order valence-electron chi connectivity index (χ2n) is 27.3. The Morgan fingerprint density at radius 3 is 1.46 bits per heavy atom. The van der Waals surface area contributed by atoms with Crippen LogP contribution in [-0.2, 0) is 39.8 Å². The van der Waals surface area contributed by atoms with Crippen LogP contribution in [0.15, 0.2) is 219 Å². The van der Waals surface area contributed by atoms with E-state index in [-0.39, 0.29) is 35.8 Å². The van der Waals surface area contributed by atoms with Crippen LogP contribution in [0.2, 0.25) is 10.0 Å². The minimum atomic E-state index is -1.16. The lowest BCUT2D eigenvalue weighted by atomic mass is 10.0. The molecule has 2 N–H and O–H groups in total. The van der Waals surface area contributed by atoms with E-state index in [1.165, 1.54) is 48.1 Å². The van der Waals surface area contributed by atoms with Gasteiger partial charge in [-0.3, -0.25) is 63.4 Å². The van der Waals surface area contributed by atoms with Crippen molar-refractivity contribution in [3.05, 3.63) is 319 Å². The fraction of sp³-hybridized carbons (Fsp3) is 0.146. The summed E-state index contributed by atoms with van der Waals surface area (Å²) in [7, 11) is 3.67. The number of nitrogens with one attached hydrogen (secondary N) is 2. The molecule has 0 fully saturated rings. The van der Waals surface area contributed by atoms with Crippen LogP contribution in [-0.4, -0.2) is 103 Å². The Morgan fingerprint density at radius 1 is 0.467 bits per heavy atom. The van der Waals surface area contributed by atoms with Gasteiger partial charge < -0.3 is 15.2 Å². The number of nitrogens with zero attached hydrogens (tertiary/aromatic N) is 16. The van der Waals surface area contributed by atoms with Gasteiger partial charge in [-0.15, -0.1) is 22.7 Å². The van der Waals surface area contributed by atoms with E-state index < -0.39 is 34.8 Å². The zero-order valence-electron chi connectivity index (χ0n) is 65.8. The average molecular weight is 1680 g/mol. The maximum absolute atomic E-state index is 13.8. The van der Waals surface area contributed by atoms with Crippen molar-refractivity contribution in [2.75, 3.05) is 10.6 Å². The fourth-order valence-electron chi connectivity index (χ4n) is 12.2. The predicted octanol–water partition coefficient (Wildman–Crippen LogP) is 19.9. The van der Waals surface area contributed by atoms with Crippen LogP contribution in [0.3, 0.4) is 0 Å². The Kier molecular flexibility index (Phi) is 26.7. The van der Waals surface area contributed by atoms with E-state index in [9.17, 15) is 36.7 Å². The van der Waals surface area contributed by atoms with Crippen LogP contribution < -0.4 is 10.6 Å². The molecule has 120 heavy (non-hydrogen) atoms. The van der Waals surface area contributed by atoms with Gasteiger partial charge in [0.1, 0.15) is 45.1 Å². The summed E-state index contributed by atoms with van der Waals surface area (Å²) in [5.41, 5.74) is 17.6. The number of anilines is 2. The molecule has 0 aliphatic carbocycles. The third-order valence-corrected chi connectivity index (χ3v) is 21.6. The Balaban J connectivity index is 0.000000138. The van der Waals surface area contributed by atoms with Crippen LogP contribution in [0.25, 0.3) is 88.7 Å². The summed E-state index contributed by atoms with van der Waals surface area (Å²) in [5, 5.41) is 20.9. The molecule has 16 aromatic rings. The molecule has 2 amide bonds. The SMILES string of the molecule is CCc1sc(-c2cc(C)on2)nc1-c1ccc(C(=O)Nc2cncnc2C)cc1.CCc1sc(-c2cnc(C)cn2)nc1-c1ccc(C(=O)Nc2cnc(C)cc2C)cc1.Cn1cc(-c2ccc(Cl)c(-c3cnc(CC(=O)c4ccc(F)cc4F)cn3)c2)cn1.Cn1cc(-c2ccc(Cl)c(-c3cnc(CC(=O)c4cccc(F)c4F)cn3)c2)cn1. The van der Waals surface area contributed by atoms with Crippen LogP contribution in [0.1, 0.15) is 105 Å². The van der Waals surface area contributed by atoms with Crippen LogP contribution in [0.5, 0.6) is 0 Å². The zero-order chi connectivity index (χ0) is 84.8.